The first-order valence-corrected chi connectivity index (χ1v) is 15.2. The van der Waals surface area contributed by atoms with Crippen molar-refractivity contribution in [3.8, 4) is 0 Å². The Balaban J connectivity index is 1.50. The Kier molecular flexibility index (Phi) is 9.56. The molecule has 0 unspecified atom stereocenters. The molecule has 1 heterocycles. The van der Waals surface area contributed by atoms with Gasteiger partial charge in [0.15, 0.2) is 18.5 Å². The molecule has 1 aliphatic heterocycles. The lowest BCUT2D eigenvalue weighted by Gasteiger charge is -2.24. The van der Waals surface area contributed by atoms with Gasteiger partial charge in [-0.1, -0.05) is 86.6 Å². The number of Topliss-reactive ketones (excluding diaryl/α,β-unsaturated/α-hetero) is 1. The molecule has 2 amide bonds. The molecule has 9 nitrogen and oxygen atoms in total. The number of benzene rings is 3. The molecule has 3 atom stereocenters. The van der Waals surface area contributed by atoms with E-state index < -0.39 is 55.6 Å². The zero-order chi connectivity index (χ0) is 29.6. The number of carbonyl (C=O) groups is 3. The van der Waals surface area contributed by atoms with Crippen molar-refractivity contribution < 1.29 is 33.9 Å². The maximum atomic E-state index is 14.5. The van der Waals surface area contributed by atoms with Gasteiger partial charge in [-0.2, -0.15) is 0 Å². The minimum Gasteiger partial charge on any atom is -0.394 e. The molecule has 0 radical (unpaired) electrons. The molecule has 10 heteroatoms. The molecule has 4 N–H and O–H groups in total. The Bertz CT molecular complexity index is 1360. The summed E-state index contributed by atoms with van der Waals surface area (Å²) in [5.74, 6) is -1.75. The average molecular weight is 579 g/mol. The highest BCUT2D eigenvalue weighted by Gasteiger charge is 2.54. The number of amides is 2. The first-order valence-electron chi connectivity index (χ1n) is 13.5. The third-order valence-electron chi connectivity index (χ3n) is 7.07. The Hall–Kier alpha value is -3.62. The second-order valence-electron chi connectivity index (χ2n) is 10.5. The van der Waals surface area contributed by atoms with Crippen LogP contribution in [0.1, 0.15) is 30.6 Å². The van der Waals surface area contributed by atoms with Gasteiger partial charge >= 0.3 is 0 Å². The van der Waals surface area contributed by atoms with Crippen molar-refractivity contribution in [1.29, 1.82) is 0 Å². The van der Waals surface area contributed by atoms with Crippen LogP contribution < -0.4 is 26.5 Å². The number of ketones is 1. The van der Waals surface area contributed by atoms with E-state index in [-0.39, 0.29) is 18.1 Å². The fourth-order valence-corrected chi connectivity index (χ4v) is 7.32. The summed E-state index contributed by atoms with van der Waals surface area (Å²) in [6.45, 7) is 2.65. The van der Waals surface area contributed by atoms with Crippen molar-refractivity contribution in [1.82, 2.24) is 10.6 Å². The molecule has 3 aromatic carbocycles. The van der Waals surface area contributed by atoms with Crippen molar-refractivity contribution in [2.24, 2.45) is 5.92 Å². The van der Waals surface area contributed by atoms with E-state index in [2.05, 4.69) is 10.6 Å². The van der Waals surface area contributed by atoms with Gasteiger partial charge in [-0.05, 0) is 24.5 Å². The molecule has 1 aliphatic rings. The second-order valence-corrected chi connectivity index (χ2v) is 13.3. The van der Waals surface area contributed by atoms with E-state index in [1.807, 2.05) is 74.5 Å². The molecule has 41 heavy (non-hydrogen) atoms. The highest BCUT2D eigenvalue weighted by atomic mass is 31.2. The number of hydrogen-bond donors (Lipinski definition) is 4. The maximum Gasteiger partial charge on any atom is 0.251 e. The third kappa shape index (κ3) is 6.66. The lowest BCUT2D eigenvalue weighted by atomic mass is 9.92. The summed E-state index contributed by atoms with van der Waals surface area (Å²) in [5.41, 5.74) is -1.11. The van der Waals surface area contributed by atoms with Gasteiger partial charge in [0.1, 0.15) is 6.04 Å². The zero-order valence-corrected chi connectivity index (χ0v) is 23.9. The van der Waals surface area contributed by atoms with E-state index in [0.29, 0.717) is 22.3 Å². The van der Waals surface area contributed by atoms with E-state index in [9.17, 15) is 29.2 Å². The molecule has 0 spiro atoms. The molecule has 1 saturated heterocycles. The van der Waals surface area contributed by atoms with Crippen LogP contribution in [0, 0.1) is 5.92 Å². The second kappa shape index (κ2) is 12.9. The summed E-state index contributed by atoms with van der Waals surface area (Å²) >= 11 is 0. The van der Waals surface area contributed by atoms with Gasteiger partial charge in [-0.25, -0.2) is 0 Å². The number of nitrogens with one attached hydrogen (secondary N) is 2. The van der Waals surface area contributed by atoms with Crippen molar-refractivity contribution in [3.63, 3.8) is 0 Å². The lowest BCUT2D eigenvalue weighted by molar-refractivity contribution is -0.133. The Morgan fingerprint density at radius 2 is 1.34 bits per heavy atom. The summed E-state index contributed by atoms with van der Waals surface area (Å²) in [6.07, 6.45) is 0.298. The molecule has 216 valence electrons. The van der Waals surface area contributed by atoms with Gasteiger partial charge in [-0.15, -0.1) is 0 Å². The average Bonchev–Trinajstić information content (AvgIpc) is 3.80. The molecular weight excluding hydrogens is 543 g/mol. The van der Waals surface area contributed by atoms with Crippen LogP contribution in [-0.4, -0.2) is 65.3 Å². The van der Waals surface area contributed by atoms with Gasteiger partial charge in [0, 0.05) is 21.5 Å². The largest absolute Gasteiger partial charge is 0.394 e. The number of aliphatic hydroxyl groups is 2. The maximum absolute atomic E-state index is 14.5. The number of carbonyl (C=O) groups excluding carboxylic acids is 3. The molecule has 0 saturated carbocycles. The van der Waals surface area contributed by atoms with E-state index >= 15 is 0 Å². The van der Waals surface area contributed by atoms with Crippen LogP contribution in [0.2, 0.25) is 0 Å². The topological polar surface area (TPSA) is 145 Å². The Morgan fingerprint density at radius 1 is 0.829 bits per heavy atom. The molecule has 3 aromatic rings. The quantitative estimate of drug-likeness (QED) is 0.177. The zero-order valence-electron chi connectivity index (χ0n) is 23.0. The predicted molar refractivity (Wildman–Crippen MR) is 156 cm³/mol. The Morgan fingerprint density at radius 3 is 1.78 bits per heavy atom. The highest BCUT2D eigenvalue weighted by Crippen LogP contribution is 2.42. The normalized spacial score (nSPS) is 17.9. The standard InChI is InChI=1S/C31H35N2O7P/c1-21(2)17-26(28(36)31(19-35)20-40-31)32-30(38)27(18-34)33-29(37)22-13-15-25(16-14-22)41(39,23-9-5-3-6-10-23)24-11-7-4-8-12-24/h3-16,21,26-27,34-35H,17-20H2,1-2H3,(H,32,38)(H,33,37)/t26-,27-,31+/m0/s1. The summed E-state index contributed by atoms with van der Waals surface area (Å²) in [6, 6.07) is 22.3. The molecule has 1 fully saturated rings. The summed E-state index contributed by atoms with van der Waals surface area (Å²) in [4.78, 5) is 39.0. The first-order chi connectivity index (χ1) is 19.6. The highest BCUT2D eigenvalue weighted by molar-refractivity contribution is 7.85. The SMILES string of the molecule is CC(C)C[C@H](NC(=O)[C@H](CO)NC(=O)c1ccc(P(=O)(c2ccccc2)c2ccccc2)cc1)C(=O)[C@@]1(CO)CO1. The minimum absolute atomic E-state index is 0.0437. The van der Waals surface area contributed by atoms with Crippen LogP contribution in [-0.2, 0) is 18.9 Å². The molecule has 0 bridgehead atoms. The fraction of sp³-hybridized carbons (Fsp3) is 0.323. The third-order valence-corrected chi connectivity index (χ3v) is 10.2. The van der Waals surface area contributed by atoms with E-state index in [1.165, 1.54) is 12.1 Å². The summed E-state index contributed by atoms with van der Waals surface area (Å²) in [7, 11) is -3.22. The van der Waals surface area contributed by atoms with Crippen LogP contribution in [0.25, 0.3) is 0 Å². The van der Waals surface area contributed by atoms with Crippen LogP contribution in [0.5, 0.6) is 0 Å². The number of ether oxygens (including phenoxy) is 1. The van der Waals surface area contributed by atoms with Gasteiger partial charge < -0.3 is 30.1 Å². The van der Waals surface area contributed by atoms with Crippen molar-refractivity contribution in [3.05, 3.63) is 90.5 Å². The van der Waals surface area contributed by atoms with Gasteiger partial charge in [0.05, 0.1) is 25.9 Å². The Labute approximate surface area is 239 Å². The smallest absolute Gasteiger partial charge is 0.251 e. The van der Waals surface area contributed by atoms with E-state index in [4.69, 9.17) is 4.74 Å². The van der Waals surface area contributed by atoms with Crippen LogP contribution in [0.15, 0.2) is 84.9 Å². The summed E-state index contributed by atoms with van der Waals surface area (Å²) < 4.78 is 19.7. The number of aliphatic hydroxyl groups excluding tert-OH is 2. The molecular formula is C31H35N2O7P. The lowest BCUT2D eigenvalue weighted by Crippen LogP contribution is -2.55. The van der Waals surface area contributed by atoms with Gasteiger partial charge in [-0.3, -0.25) is 14.4 Å². The van der Waals surface area contributed by atoms with Crippen LogP contribution in [0.4, 0.5) is 0 Å². The number of epoxide rings is 1. The summed E-state index contributed by atoms with van der Waals surface area (Å²) in [5, 5.41) is 26.4. The number of rotatable bonds is 13. The monoisotopic (exact) mass is 578 g/mol. The first kappa shape index (κ1) is 30.3. The van der Waals surface area contributed by atoms with Crippen LogP contribution >= 0.6 is 7.14 Å². The van der Waals surface area contributed by atoms with E-state index in [1.54, 1.807) is 12.1 Å². The predicted octanol–water partition coefficient (Wildman–Crippen LogP) is 1.28. The fourth-order valence-electron chi connectivity index (χ4n) is 4.67. The minimum atomic E-state index is -3.22. The molecule has 4 rings (SSSR count). The van der Waals surface area contributed by atoms with Crippen molar-refractivity contribution >= 4 is 40.7 Å². The number of hydrogen-bond acceptors (Lipinski definition) is 7. The van der Waals surface area contributed by atoms with Gasteiger partial charge in [0.2, 0.25) is 5.91 Å². The van der Waals surface area contributed by atoms with Crippen molar-refractivity contribution in [2.75, 3.05) is 19.8 Å². The van der Waals surface area contributed by atoms with Crippen LogP contribution in [0.3, 0.4) is 0 Å². The van der Waals surface area contributed by atoms with Crippen molar-refractivity contribution in [2.45, 2.75) is 38.0 Å². The van der Waals surface area contributed by atoms with Gasteiger partial charge in [0.25, 0.3) is 5.91 Å². The van der Waals surface area contributed by atoms with E-state index in [0.717, 1.165) is 0 Å². The molecule has 0 aliphatic carbocycles. The molecule has 0 aromatic heterocycles.